The van der Waals surface area contributed by atoms with E-state index in [1.165, 1.54) is 0 Å². The van der Waals surface area contributed by atoms with Crippen LogP contribution in [0, 0.1) is 0 Å². The predicted molar refractivity (Wildman–Crippen MR) is 121 cm³/mol. The largest absolute Gasteiger partial charge is 0.463 e. The number of nitrogens with zero attached hydrogens (tertiary/aromatic N) is 3. The van der Waals surface area contributed by atoms with Gasteiger partial charge in [-0.25, -0.2) is 9.97 Å². The first-order chi connectivity index (χ1) is 14.1. The summed E-state index contributed by atoms with van der Waals surface area (Å²) in [4.78, 5) is 25.6. The van der Waals surface area contributed by atoms with Gasteiger partial charge in [0.2, 0.25) is 0 Å². The van der Waals surface area contributed by atoms with Gasteiger partial charge in [-0.2, -0.15) is 0 Å². The quantitative estimate of drug-likeness (QED) is 0.354. The van der Waals surface area contributed by atoms with E-state index in [2.05, 4.69) is 41.7 Å². The van der Waals surface area contributed by atoms with Crippen molar-refractivity contribution in [3.8, 4) is 10.7 Å². The first-order valence-electron chi connectivity index (χ1n) is 9.09. The fourth-order valence-corrected chi connectivity index (χ4v) is 5.57. The third kappa shape index (κ3) is 3.70. The van der Waals surface area contributed by atoms with Gasteiger partial charge in [-0.15, -0.1) is 11.3 Å². The molecule has 0 saturated heterocycles. The molecule has 0 N–H and O–H groups in total. The van der Waals surface area contributed by atoms with E-state index in [-0.39, 0.29) is 5.43 Å². The normalized spacial score (nSPS) is 14.3. The van der Waals surface area contributed by atoms with Gasteiger partial charge in [0.25, 0.3) is 0 Å². The van der Waals surface area contributed by atoms with E-state index >= 15 is 0 Å². The Hall–Kier alpha value is -1.87. The van der Waals surface area contributed by atoms with Crippen LogP contribution in [-0.2, 0) is 19.5 Å². The van der Waals surface area contributed by atoms with Gasteiger partial charge in [-0.05, 0) is 39.5 Å². The van der Waals surface area contributed by atoms with Crippen LogP contribution in [0.25, 0.3) is 21.7 Å². The second-order valence-electron chi connectivity index (χ2n) is 6.96. The molecule has 0 amide bonds. The second-order valence-corrected chi connectivity index (χ2v) is 9.68. The molecule has 1 aliphatic rings. The molecule has 5 rings (SSSR count). The number of halogens is 2. The summed E-state index contributed by atoms with van der Waals surface area (Å²) in [6.07, 6.45) is 4.34. The summed E-state index contributed by atoms with van der Waals surface area (Å²) in [6, 6.07) is 7.73. The van der Waals surface area contributed by atoms with Crippen molar-refractivity contribution >= 4 is 54.2 Å². The maximum Gasteiger partial charge on any atom is 0.197 e. The predicted octanol–water partition coefficient (Wildman–Crippen LogP) is 5.39. The van der Waals surface area contributed by atoms with E-state index in [1.807, 2.05) is 29.8 Å². The Morgan fingerprint density at radius 3 is 3.00 bits per heavy atom. The van der Waals surface area contributed by atoms with Gasteiger partial charge in [-0.3, -0.25) is 9.69 Å². The standard InChI is InChI=1S/C21H15Br2N3O2S/c22-14-6-15-19(27)13(11-28-20(15)16(23)7-14)10-26-4-3-17-12(9-26)8-24-21(25-17)18-2-1-5-29-18/h1-2,5-8,11H,3-4,9-10H2. The van der Waals surface area contributed by atoms with Crippen molar-refractivity contribution in [1.29, 1.82) is 0 Å². The van der Waals surface area contributed by atoms with Crippen LogP contribution in [0.2, 0.25) is 0 Å². The molecule has 1 aromatic carbocycles. The molecule has 0 aliphatic carbocycles. The van der Waals surface area contributed by atoms with Crippen LogP contribution in [0.15, 0.2) is 60.3 Å². The van der Waals surface area contributed by atoms with Crippen molar-refractivity contribution < 1.29 is 4.42 Å². The van der Waals surface area contributed by atoms with E-state index in [0.717, 1.165) is 50.4 Å². The van der Waals surface area contributed by atoms with Gasteiger partial charge in [-0.1, -0.05) is 22.0 Å². The summed E-state index contributed by atoms with van der Waals surface area (Å²) in [5.74, 6) is 0.790. The minimum absolute atomic E-state index is 0.00309. The van der Waals surface area contributed by atoms with Crippen LogP contribution >= 0.6 is 43.2 Å². The molecule has 0 spiro atoms. The molecule has 3 aromatic heterocycles. The Morgan fingerprint density at radius 2 is 2.17 bits per heavy atom. The maximum absolute atomic E-state index is 13.0. The molecule has 0 fully saturated rings. The van der Waals surface area contributed by atoms with E-state index in [9.17, 15) is 4.79 Å². The van der Waals surface area contributed by atoms with Crippen molar-refractivity contribution in [2.24, 2.45) is 0 Å². The second kappa shape index (κ2) is 7.75. The smallest absolute Gasteiger partial charge is 0.197 e. The Morgan fingerprint density at radius 1 is 1.28 bits per heavy atom. The topological polar surface area (TPSA) is 59.2 Å². The number of thiophene rings is 1. The minimum Gasteiger partial charge on any atom is -0.463 e. The molecule has 146 valence electrons. The summed E-state index contributed by atoms with van der Waals surface area (Å²) in [6.45, 7) is 2.10. The van der Waals surface area contributed by atoms with E-state index in [0.29, 0.717) is 23.1 Å². The lowest BCUT2D eigenvalue weighted by Crippen LogP contribution is -2.32. The third-order valence-corrected chi connectivity index (χ3v) is 6.92. The fraction of sp³-hybridized carbons (Fsp3) is 0.190. The zero-order valence-electron chi connectivity index (χ0n) is 15.2. The van der Waals surface area contributed by atoms with Gasteiger partial charge >= 0.3 is 0 Å². The summed E-state index contributed by atoms with van der Waals surface area (Å²) < 4.78 is 7.36. The van der Waals surface area contributed by atoms with Crippen LogP contribution in [0.4, 0.5) is 0 Å². The van der Waals surface area contributed by atoms with Crippen molar-refractivity contribution in [3.05, 3.63) is 78.1 Å². The lowest BCUT2D eigenvalue weighted by atomic mass is 10.1. The van der Waals surface area contributed by atoms with Crippen LogP contribution in [0.5, 0.6) is 0 Å². The van der Waals surface area contributed by atoms with Crippen LogP contribution < -0.4 is 5.43 Å². The molecule has 1 aliphatic heterocycles. The molecule has 0 unspecified atom stereocenters. The van der Waals surface area contributed by atoms with Crippen LogP contribution in [-0.4, -0.2) is 21.4 Å². The third-order valence-electron chi connectivity index (χ3n) is 5.01. The first-order valence-corrected chi connectivity index (χ1v) is 11.6. The average molecular weight is 533 g/mol. The molecule has 0 radical (unpaired) electrons. The van der Waals surface area contributed by atoms with E-state index < -0.39 is 0 Å². The van der Waals surface area contributed by atoms with Gasteiger partial charge in [0.15, 0.2) is 16.8 Å². The Bertz CT molecular complexity index is 1270. The molecule has 5 nitrogen and oxygen atoms in total. The van der Waals surface area contributed by atoms with Gasteiger partial charge in [0, 0.05) is 47.9 Å². The van der Waals surface area contributed by atoms with Crippen molar-refractivity contribution in [2.75, 3.05) is 6.54 Å². The Labute approximate surface area is 187 Å². The van der Waals surface area contributed by atoms with Gasteiger partial charge < -0.3 is 4.42 Å². The van der Waals surface area contributed by atoms with E-state index in [1.54, 1.807) is 23.7 Å². The van der Waals surface area contributed by atoms with Crippen molar-refractivity contribution in [2.45, 2.75) is 19.5 Å². The van der Waals surface area contributed by atoms with Crippen molar-refractivity contribution in [3.63, 3.8) is 0 Å². The minimum atomic E-state index is 0.00309. The summed E-state index contributed by atoms with van der Waals surface area (Å²) in [5.41, 5.74) is 3.44. The number of hydrogen-bond donors (Lipinski definition) is 0. The lowest BCUT2D eigenvalue weighted by Gasteiger charge is -2.27. The number of rotatable bonds is 3. The SMILES string of the molecule is O=c1c(CN2CCc3nc(-c4cccs4)ncc3C2)coc2c(Br)cc(Br)cc12. The maximum atomic E-state index is 13.0. The molecule has 29 heavy (non-hydrogen) atoms. The summed E-state index contributed by atoms with van der Waals surface area (Å²) in [5, 5.41) is 2.61. The fourth-order valence-electron chi connectivity index (χ4n) is 3.59. The Balaban J connectivity index is 1.40. The highest BCUT2D eigenvalue weighted by Gasteiger charge is 2.21. The highest BCUT2D eigenvalue weighted by atomic mass is 79.9. The molecular weight excluding hydrogens is 518 g/mol. The highest BCUT2D eigenvalue weighted by molar-refractivity contribution is 9.11. The zero-order chi connectivity index (χ0) is 20.0. The number of fused-ring (bicyclic) bond motifs is 2. The Kier molecular flexibility index (Phi) is 5.11. The average Bonchev–Trinajstić information content (AvgIpc) is 3.25. The van der Waals surface area contributed by atoms with Crippen LogP contribution in [0.3, 0.4) is 0 Å². The zero-order valence-corrected chi connectivity index (χ0v) is 19.2. The molecule has 4 aromatic rings. The van der Waals surface area contributed by atoms with Crippen molar-refractivity contribution in [1.82, 2.24) is 14.9 Å². The first kappa shape index (κ1) is 19.1. The molecule has 0 saturated carbocycles. The van der Waals surface area contributed by atoms with Gasteiger partial charge in [0.05, 0.1) is 26.7 Å². The van der Waals surface area contributed by atoms with Gasteiger partial charge in [0.1, 0.15) is 0 Å². The number of hydrogen-bond acceptors (Lipinski definition) is 6. The molecule has 4 heterocycles. The molecule has 8 heteroatoms. The lowest BCUT2D eigenvalue weighted by molar-refractivity contribution is 0.240. The monoisotopic (exact) mass is 531 g/mol. The summed E-state index contributed by atoms with van der Waals surface area (Å²) in [7, 11) is 0. The number of benzene rings is 1. The highest BCUT2D eigenvalue weighted by Crippen LogP contribution is 2.28. The van der Waals surface area contributed by atoms with E-state index in [4.69, 9.17) is 9.40 Å². The molecule has 0 atom stereocenters. The van der Waals surface area contributed by atoms with Crippen LogP contribution in [0.1, 0.15) is 16.8 Å². The molecular formula is C21H15Br2N3O2S. The number of aromatic nitrogens is 2. The molecule has 0 bridgehead atoms. The summed E-state index contributed by atoms with van der Waals surface area (Å²) >= 11 is 8.55.